The molecule has 0 spiro atoms. The van der Waals surface area contributed by atoms with Gasteiger partial charge in [0.1, 0.15) is 11.3 Å². The summed E-state index contributed by atoms with van der Waals surface area (Å²) in [5.41, 5.74) is 1.75. The van der Waals surface area contributed by atoms with Gasteiger partial charge in [0, 0.05) is 29.1 Å². The van der Waals surface area contributed by atoms with Crippen LogP contribution in [-0.4, -0.2) is 12.5 Å². The number of benzene rings is 2. The Morgan fingerprint density at radius 3 is 2.84 bits per heavy atom. The Balaban J connectivity index is 1.60. The summed E-state index contributed by atoms with van der Waals surface area (Å²) in [6, 6.07) is 13.8. The number of nitrogens with one attached hydrogen (secondary N) is 1. The van der Waals surface area contributed by atoms with Crippen LogP contribution in [0, 0.1) is 6.92 Å². The van der Waals surface area contributed by atoms with E-state index in [1.54, 1.807) is 30.3 Å². The van der Waals surface area contributed by atoms with E-state index >= 15 is 0 Å². The van der Waals surface area contributed by atoms with Crippen molar-refractivity contribution in [3.05, 3.63) is 75.1 Å². The van der Waals surface area contributed by atoms with Crippen LogP contribution in [0.4, 0.5) is 0 Å². The van der Waals surface area contributed by atoms with Gasteiger partial charge in [0.2, 0.25) is 0 Å². The summed E-state index contributed by atoms with van der Waals surface area (Å²) in [6.07, 6.45) is 0. The van der Waals surface area contributed by atoms with Crippen LogP contribution in [0.1, 0.15) is 11.1 Å². The number of carbonyl (C=O) groups is 1. The number of rotatable bonds is 5. The summed E-state index contributed by atoms with van der Waals surface area (Å²) < 4.78 is 10.6. The van der Waals surface area contributed by atoms with Gasteiger partial charge in [0.05, 0.1) is 0 Å². The molecule has 0 saturated carbocycles. The molecule has 3 rings (SSSR count). The molecule has 0 saturated heterocycles. The van der Waals surface area contributed by atoms with Gasteiger partial charge in [-0.25, -0.2) is 4.79 Å². The van der Waals surface area contributed by atoms with Crippen molar-refractivity contribution in [2.75, 3.05) is 6.61 Å². The lowest BCUT2D eigenvalue weighted by atomic mass is 10.1. The second-order valence-corrected chi connectivity index (χ2v) is 6.04. The lowest BCUT2D eigenvalue weighted by Crippen LogP contribution is -2.28. The number of hydrogen-bond acceptors (Lipinski definition) is 4. The maximum Gasteiger partial charge on any atom is 0.336 e. The van der Waals surface area contributed by atoms with Gasteiger partial charge in [0.25, 0.3) is 5.91 Å². The van der Waals surface area contributed by atoms with Crippen molar-refractivity contribution in [3.63, 3.8) is 0 Å². The molecule has 0 atom stereocenters. The minimum atomic E-state index is -0.415. The van der Waals surface area contributed by atoms with Crippen molar-refractivity contribution in [1.29, 1.82) is 0 Å². The SMILES string of the molecule is Cc1cc(=O)oc2cc(OCC(=O)NCc3cccc(Cl)c3)ccc12. The number of carbonyl (C=O) groups excluding carboxylic acids is 1. The van der Waals surface area contributed by atoms with E-state index in [1.165, 1.54) is 6.07 Å². The molecular formula is C19H16ClNO4. The molecule has 0 fully saturated rings. The molecule has 1 aromatic heterocycles. The van der Waals surface area contributed by atoms with Crippen LogP contribution in [0.25, 0.3) is 11.0 Å². The minimum Gasteiger partial charge on any atom is -0.484 e. The second-order valence-electron chi connectivity index (χ2n) is 5.60. The summed E-state index contributed by atoms with van der Waals surface area (Å²) in [7, 11) is 0. The zero-order chi connectivity index (χ0) is 17.8. The van der Waals surface area contributed by atoms with Crippen LogP contribution < -0.4 is 15.7 Å². The highest BCUT2D eigenvalue weighted by Gasteiger charge is 2.07. The Bertz CT molecular complexity index is 981. The van der Waals surface area contributed by atoms with Gasteiger partial charge in [-0.15, -0.1) is 0 Å². The van der Waals surface area contributed by atoms with Crippen LogP contribution in [0.15, 0.2) is 57.7 Å². The number of amides is 1. The van der Waals surface area contributed by atoms with Crippen LogP contribution in [0.5, 0.6) is 5.75 Å². The molecule has 6 heteroatoms. The third-order valence-electron chi connectivity index (χ3n) is 3.67. The van der Waals surface area contributed by atoms with E-state index in [2.05, 4.69) is 5.32 Å². The molecule has 0 aliphatic heterocycles. The normalized spacial score (nSPS) is 10.6. The molecule has 1 N–H and O–H groups in total. The van der Waals surface area contributed by atoms with E-state index in [9.17, 15) is 9.59 Å². The van der Waals surface area contributed by atoms with Gasteiger partial charge < -0.3 is 14.5 Å². The summed E-state index contributed by atoms with van der Waals surface area (Å²) in [4.78, 5) is 23.3. The maximum atomic E-state index is 11.9. The van der Waals surface area contributed by atoms with Crippen molar-refractivity contribution >= 4 is 28.5 Å². The minimum absolute atomic E-state index is 0.137. The predicted molar refractivity (Wildman–Crippen MR) is 96.0 cm³/mol. The summed E-state index contributed by atoms with van der Waals surface area (Å²) in [5.74, 6) is 0.199. The summed E-state index contributed by atoms with van der Waals surface area (Å²) >= 11 is 5.90. The lowest BCUT2D eigenvalue weighted by Gasteiger charge is -2.09. The molecule has 1 amide bonds. The standard InChI is InChI=1S/C19H16ClNO4/c1-12-7-19(23)25-17-9-15(5-6-16(12)17)24-11-18(22)21-10-13-3-2-4-14(20)8-13/h2-9H,10-11H2,1H3,(H,21,22). The van der Waals surface area contributed by atoms with Crippen LogP contribution in [0.3, 0.4) is 0 Å². The molecule has 25 heavy (non-hydrogen) atoms. The van der Waals surface area contributed by atoms with Crippen LogP contribution >= 0.6 is 11.6 Å². The number of fused-ring (bicyclic) bond motifs is 1. The monoisotopic (exact) mass is 357 g/mol. The summed E-state index contributed by atoms with van der Waals surface area (Å²) in [6.45, 7) is 2.07. The van der Waals surface area contributed by atoms with Gasteiger partial charge in [-0.2, -0.15) is 0 Å². The molecule has 1 heterocycles. The topological polar surface area (TPSA) is 68.5 Å². The van der Waals surface area contributed by atoms with Gasteiger partial charge in [-0.3, -0.25) is 4.79 Å². The Kier molecular flexibility index (Phi) is 5.05. The maximum absolute atomic E-state index is 11.9. The Morgan fingerprint density at radius 1 is 1.20 bits per heavy atom. The van der Waals surface area contributed by atoms with Crippen molar-refractivity contribution in [2.45, 2.75) is 13.5 Å². The highest BCUT2D eigenvalue weighted by Crippen LogP contribution is 2.22. The molecule has 0 bridgehead atoms. The highest BCUT2D eigenvalue weighted by molar-refractivity contribution is 6.30. The average molecular weight is 358 g/mol. The van der Waals surface area contributed by atoms with Gasteiger partial charge in [-0.1, -0.05) is 23.7 Å². The molecule has 128 valence electrons. The quantitative estimate of drug-likeness (QED) is 0.710. The van der Waals surface area contributed by atoms with Crippen molar-refractivity contribution in [2.24, 2.45) is 0 Å². The van der Waals surface area contributed by atoms with Crippen molar-refractivity contribution in [3.8, 4) is 5.75 Å². The lowest BCUT2D eigenvalue weighted by molar-refractivity contribution is -0.123. The zero-order valence-corrected chi connectivity index (χ0v) is 14.3. The van der Waals surface area contributed by atoms with Gasteiger partial charge >= 0.3 is 5.63 Å². The van der Waals surface area contributed by atoms with E-state index in [-0.39, 0.29) is 12.5 Å². The van der Waals surface area contributed by atoms with E-state index in [0.717, 1.165) is 16.5 Å². The van der Waals surface area contributed by atoms with E-state index in [1.807, 2.05) is 19.1 Å². The third-order valence-corrected chi connectivity index (χ3v) is 3.91. The van der Waals surface area contributed by atoms with E-state index in [0.29, 0.717) is 22.9 Å². The molecule has 0 aliphatic rings. The first-order valence-electron chi connectivity index (χ1n) is 7.70. The Hall–Kier alpha value is -2.79. The van der Waals surface area contributed by atoms with Crippen molar-refractivity contribution in [1.82, 2.24) is 5.32 Å². The Morgan fingerprint density at radius 2 is 2.04 bits per heavy atom. The molecular weight excluding hydrogens is 342 g/mol. The Labute approximate surface area is 149 Å². The fraction of sp³-hybridized carbons (Fsp3) is 0.158. The predicted octanol–water partition coefficient (Wildman–Crippen LogP) is 3.45. The van der Waals surface area contributed by atoms with Gasteiger partial charge in [0.15, 0.2) is 6.61 Å². The number of aryl methyl sites for hydroxylation is 1. The third kappa shape index (κ3) is 4.39. The number of halogens is 1. The molecule has 3 aromatic rings. The number of hydrogen-bond donors (Lipinski definition) is 1. The van der Waals surface area contributed by atoms with Crippen molar-refractivity contribution < 1.29 is 13.9 Å². The van der Waals surface area contributed by atoms with Crippen LogP contribution in [0.2, 0.25) is 5.02 Å². The fourth-order valence-electron chi connectivity index (χ4n) is 2.44. The van der Waals surface area contributed by atoms with Gasteiger partial charge in [-0.05, 0) is 42.3 Å². The van der Waals surface area contributed by atoms with E-state index in [4.69, 9.17) is 20.8 Å². The summed E-state index contributed by atoms with van der Waals surface area (Å²) in [5, 5.41) is 4.21. The number of ether oxygens (including phenoxy) is 1. The zero-order valence-electron chi connectivity index (χ0n) is 13.5. The molecule has 5 nitrogen and oxygen atoms in total. The van der Waals surface area contributed by atoms with E-state index < -0.39 is 5.63 Å². The molecule has 2 aromatic carbocycles. The smallest absolute Gasteiger partial charge is 0.336 e. The van der Waals surface area contributed by atoms with Crippen LogP contribution in [-0.2, 0) is 11.3 Å². The molecule has 0 aliphatic carbocycles. The first-order valence-corrected chi connectivity index (χ1v) is 8.07. The molecule has 0 radical (unpaired) electrons. The fourth-order valence-corrected chi connectivity index (χ4v) is 2.66. The highest BCUT2D eigenvalue weighted by atomic mass is 35.5. The first kappa shape index (κ1) is 17.0. The first-order chi connectivity index (χ1) is 12.0. The average Bonchev–Trinajstić information content (AvgIpc) is 2.57. The second kappa shape index (κ2) is 7.40. The molecule has 0 unspecified atom stereocenters. The largest absolute Gasteiger partial charge is 0.484 e.